The summed E-state index contributed by atoms with van der Waals surface area (Å²) >= 11 is 0. The highest BCUT2D eigenvalue weighted by molar-refractivity contribution is 5.91. The van der Waals surface area contributed by atoms with Crippen molar-refractivity contribution in [1.82, 2.24) is 14.9 Å². The fourth-order valence-corrected chi connectivity index (χ4v) is 2.83. The summed E-state index contributed by atoms with van der Waals surface area (Å²) in [5, 5.41) is 6.33. The number of nitrogens with zero attached hydrogens (tertiary/aromatic N) is 2. The van der Waals surface area contributed by atoms with Gasteiger partial charge in [-0.2, -0.15) is 0 Å². The van der Waals surface area contributed by atoms with E-state index >= 15 is 0 Å². The maximum absolute atomic E-state index is 12.2. The largest absolute Gasteiger partial charge is 0.317 e. The van der Waals surface area contributed by atoms with Crippen LogP contribution in [0.25, 0.3) is 0 Å². The molecule has 3 rings (SSSR count). The standard InChI is InChI=1S/C13H20N4O.2ClH/c18-13(10-4-6-14-7-5-10)16-12-9-15-11-3-1-2-8-17(11)12;;/h9-10,14H,1-8H2,(H,16,18);2*1H. The van der Waals surface area contributed by atoms with Crippen LogP contribution in [0.5, 0.6) is 0 Å². The van der Waals surface area contributed by atoms with Crippen molar-refractivity contribution in [3.8, 4) is 0 Å². The number of carbonyl (C=O) groups is 1. The van der Waals surface area contributed by atoms with Crippen LogP contribution in [0.4, 0.5) is 5.82 Å². The lowest BCUT2D eigenvalue weighted by Gasteiger charge is -2.22. The van der Waals surface area contributed by atoms with Gasteiger partial charge in [0, 0.05) is 18.9 Å². The van der Waals surface area contributed by atoms with Crippen LogP contribution in [0.15, 0.2) is 6.20 Å². The number of anilines is 1. The van der Waals surface area contributed by atoms with Crippen molar-refractivity contribution in [2.45, 2.75) is 38.6 Å². The Kier molecular flexibility index (Phi) is 6.79. The molecule has 2 aliphatic rings. The molecule has 0 saturated carbocycles. The lowest BCUT2D eigenvalue weighted by Crippen LogP contribution is -2.35. The van der Waals surface area contributed by atoms with Crippen molar-refractivity contribution in [3.63, 3.8) is 0 Å². The number of nitrogens with one attached hydrogen (secondary N) is 2. The molecule has 1 fully saturated rings. The third kappa shape index (κ3) is 3.65. The molecule has 2 aliphatic heterocycles. The smallest absolute Gasteiger partial charge is 0.228 e. The van der Waals surface area contributed by atoms with Gasteiger partial charge >= 0.3 is 0 Å². The number of imidazole rings is 1. The van der Waals surface area contributed by atoms with Gasteiger partial charge in [0.25, 0.3) is 0 Å². The van der Waals surface area contributed by atoms with Gasteiger partial charge in [-0.05, 0) is 38.8 Å². The monoisotopic (exact) mass is 320 g/mol. The minimum atomic E-state index is 0. The number of fused-ring (bicyclic) bond motifs is 1. The SMILES string of the molecule is Cl.Cl.O=C(Nc1cnc2n1CCCC2)C1CCNCC1. The molecule has 1 saturated heterocycles. The number of aryl methyl sites for hydroxylation is 1. The van der Waals surface area contributed by atoms with Gasteiger partial charge < -0.3 is 15.2 Å². The van der Waals surface area contributed by atoms with E-state index in [1.807, 2.05) is 0 Å². The molecule has 5 nitrogen and oxygen atoms in total. The van der Waals surface area contributed by atoms with Gasteiger partial charge in [-0.15, -0.1) is 24.8 Å². The van der Waals surface area contributed by atoms with Crippen LogP contribution in [0.3, 0.4) is 0 Å². The molecule has 1 aromatic heterocycles. The molecule has 1 amide bonds. The van der Waals surface area contributed by atoms with E-state index < -0.39 is 0 Å². The van der Waals surface area contributed by atoms with E-state index in [0.717, 1.165) is 50.5 Å². The minimum Gasteiger partial charge on any atom is -0.317 e. The van der Waals surface area contributed by atoms with Crippen LogP contribution >= 0.6 is 24.8 Å². The van der Waals surface area contributed by atoms with Gasteiger partial charge in [-0.3, -0.25) is 4.79 Å². The Bertz CT molecular complexity index is 444. The number of halogens is 2. The Hall–Kier alpha value is -0.780. The predicted octanol–water partition coefficient (Wildman–Crippen LogP) is 2.00. The average Bonchev–Trinajstić information content (AvgIpc) is 2.83. The third-order valence-electron chi connectivity index (χ3n) is 3.93. The second-order valence-corrected chi connectivity index (χ2v) is 5.18. The lowest BCUT2D eigenvalue weighted by molar-refractivity contribution is -0.120. The van der Waals surface area contributed by atoms with Gasteiger partial charge in [0.2, 0.25) is 5.91 Å². The first-order valence-electron chi connectivity index (χ1n) is 6.90. The summed E-state index contributed by atoms with van der Waals surface area (Å²) in [4.78, 5) is 16.6. The predicted molar refractivity (Wildman–Crippen MR) is 83.9 cm³/mol. The lowest BCUT2D eigenvalue weighted by atomic mass is 9.97. The van der Waals surface area contributed by atoms with Crippen LogP contribution in [0.2, 0.25) is 0 Å². The summed E-state index contributed by atoms with van der Waals surface area (Å²) in [7, 11) is 0. The first-order chi connectivity index (χ1) is 8.84. The van der Waals surface area contributed by atoms with E-state index in [9.17, 15) is 4.79 Å². The molecule has 7 heteroatoms. The van der Waals surface area contributed by atoms with E-state index in [2.05, 4.69) is 20.2 Å². The molecule has 1 aromatic rings. The van der Waals surface area contributed by atoms with Gasteiger partial charge in [-0.25, -0.2) is 4.98 Å². The molecule has 0 spiro atoms. The number of carbonyl (C=O) groups excluding carboxylic acids is 1. The van der Waals surface area contributed by atoms with E-state index in [1.54, 1.807) is 6.20 Å². The molecule has 0 bridgehead atoms. The van der Waals surface area contributed by atoms with E-state index in [0.29, 0.717) is 0 Å². The number of aromatic nitrogens is 2. The molecular formula is C13H22Cl2N4O. The Labute approximate surface area is 131 Å². The maximum atomic E-state index is 12.2. The third-order valence-corrected chi connectivity index (χ3v) is 3.93. The van der Waals surface area contributed by atoms with Crippen LogP contribution in [-0.4, -0.2) is 28.5 Å². The van der Waals surface area contributed by atoms with Crippen LogP contribution < -0.4 is 10.6 Å². The molecular weight excluding hydrogens is 299 g/mol. The molecule has 114 valence electrons. The summed E-state index contributed by atoms with van der Waals surface area (Å²) < 4.78 is 2.16. The zero-order valence-corrected chi connectivity index (χ0v) is 13.1. The molecule has 3 heterocycles. The van der Waals surface area contributed by atoms with Crippen molar-refractivity contribution in [2.24, 2.45) is 5.92 Å². The Morgan fingerprint density at radius 1 is 1.30 bits per heavy atom. The molecule has 0 aliphatic carbocycles. The summed E-state index contributed by atoms with van der Waals surface area (Å²) in [5.74, 6) is 2.31. The Morgan fingerprint density at radius 3 is 2.80 bits per heavy atom. The van der Waals surface area contributed by atoms with Crippen molar-refractivity contribution in [1.29, 1.82) is 0 Å². The fourth-order valence-electron chi connectivity index (χ4n) is 2.83. The average molecular weight is 321 g/mol. The summed E-state index contributed by atoms with van der Waals surface area (Å²) in [6.45, 7) is 2.88. The van der Waals surface area contributed by atoms with Crippen molar-refractivity contribution in [2.75, 3.05) is 18.4 Å². The molecule has 20 heavy (non-hydrogen) atoms. The second-order valence-electron chi connectivity index (χ2n) is 5.18. The molecule has 0 radical (unpaired) electrons. The minimum absolute atomic E-state index is 0. The van der Waals surface area contributed by atoms with Crippen molar-refractivity contribution >= 4 is 36.5 Å². The zero-order chi connectivity index (χ0) is 12.4. The normalized spacial score (nSPS) is 18.4. The van der Waals surface area contributed by atoms with E-state index in [1.165, 1.54) is 12.8 Å². The van der Waals surface area contributed by atoms with Gasteiger partial charge in [-0.1, -0.05) is 0 Å². The molecule has 0 aromatic carbocycles. The molecule has 0 unspecified atom stereocenters. The van der Waals surface area contributed by atoms with Crippen LogP contribution in [0, 0.1) is 5.92 Å². The number of piperidine rings is 1. The van der Waals surface area contributed by atoms with Gasteiger partial charge in [0.15, 0.2) is 0 Å². The molecule has 2 N–H and O–H groups in total. The fraction of sp³-hybridized carbons (Fsp3) is 0.692. The van der Waals surface area contributed by atoms with Crippen LogP contribution in [-0.2, 0) is 17.8 Å². The van der Waals surface area contributed by atoms with Crippen molar-refractivity contribution in [3.05, 3.63) is 12.0 Å². The van der Waals surface area contributed by atoms with Crippen LogP contribution in [0.1, 0.15) is 31.5 Å². The Morgan fingerprint density at radius 2 is 2.05 bits per heavy atom. The second kappa shape index (κ2) is 7.86. The number of rotatable bonds is 2. The maximum Gasteiger partial charge on any atom is 0.228 e. The van der Waals surface area contributed by atoms with Gasteiger partial charge in [0.05, 0.1) is 6.20 Å². The number of amides is 1. The van der Waals surface area contributed by atoms with Gasteiger partial charge in [0.1, 0.15) is 11.6 Å². The van der Waals surface area contributed by atoms with E-state index in [4.69, 9.17) is 0 Å². The molecule has 0 atom stereocenters. The highest BCUT2D eigenvalue weighted by Crippen LogP contribution is 2.21. The summed E-state index contributed by atoms with van der Waals surface area (Å²) in [6, 6.07) is 0. The zero-order valence-electron chi connectivity index (χ0n) is 11.4. The quantitative estimate of drug-likeness (QED) is 0.876. The topological polar surface area (TPSA) is 59.0 Å². The van der Waals surface area contributed by atoms with Crippen molar-refractivity contribution < 1.29 is 4.79 Å². The number of hydrogen-bond donors (Lipinski definition) is 2. The first kappa shape index (κ1) is 17.3. The Balaban J connectivity index is 0.000001000. The number of hydrogen-bond acceptors (Lipinski definition) is 3. The highest BCUT2D eigenvalue weighted by atomic mass is 35.5. The first-order valence-corrected chi connectivity index (χ1v) is 6.90. The summed E-state index contributed by atoms with van der Waals surface area (Å²) in [6.07, 6.45) is 7.10. The highest BCUT2D eigenvalue weighted by Gasteiger charge is 2.23. The summed E-state index contributed by atoms with van der Waals surface area (Å²) in [5.41, 5.74) is 0. The van der Waals surface area contributed by atoms with E-state index in [-0.39, 0.29) is 36.6 Å².